The Hall–Kier alpha value is -0.540. The molecule has 0 spiro atoms. The maximum atomic E-state index is 10.6. The molecule has 0 fully saturated rings. The second kappa shape index (κ2) is 3.68. The second-order valence-electron chi connectivity index (χ2n) is 3.56. The van der Waals surface area contributed by atoms with Gasteiger partial charge in [-0.25, -0.2) is 0 Å². The topological polar surface area (TPSA) is 37.3 Å². The van der Waals surface area contributed by atoms with Crippen molar-refractivity contribution in [1.29, 1.82) is 0 Å². The summed E-state index contributed by atoms with van der Waals surface area (Å²) in [5.74, 6) is -0.783. The van der Waals surface area contributed by atoms with Gasteiger partial charge in [-0.05, 0) is 12.1 Å². The molecular formula is C9H11ClO2S. The summed E-state index contributed by atoms with van der Waals surface area (Å²) in [4.78, 5) is 11.6. The van der Waals surface area contributed by atoms with E-state index in [0.717, 1.165) is 4.88 Å². The minimum atomic E-state index is -0.783. The number of carbonyl (C=O) groups is 1. The van der Waals surface area contributed by atoms with Gasteiger partial charge in [-0.3, -0.25) is 4.79 Å². The van der Waals surface area contributed by atoms with Crippen LogP contribution in [0, 0.1) is 0 Å². The van der Waals surface area contributed by atoms with Crippen molar-refractivity contribution in [2.75, 3.05) is 0 Å². The molecule has 1 rings (SSSR count). The Labute approximate surface area is 86.2 Å². The number of hydrogen-bond acceptors (Lipinski definition) is 2. The van der Waals surface area contributed by atoms with Crippen molar-refractivity contribution < 1.29 is 9.90 Å². The third kappa shape index (κ3) is 2.71. The second-order valence-corrected chi connectivity index (χ2v) is 5.27. The highest BCUT2D eigenvalue weighted by atomic mass is 35.5. The van der Waals surface area contributed by atoms with E-state index in [2.05, 4.69) is 0 Å². The Balaban J connectivity index is 2.86. The average molecular weight is 219 g/mol. The molecule has 0 saturated carbocycles. The van der Waals surface area contributed by atoms with E-state index < -0.39 is 5.97 Å². The number of carboxylic acid groups (broad SMARTS) is 1. The van der Waals surface area contributed by atoms with Crippen LogP contribution in [-0.4, -0.2) is 11.1 Å². The number of carboxylic acids is 1. The molecule has 1 aromatic heterocycles. The first kappa shape index (κ1) is 10.5. The van der Waals surface area contributed by atoms with Crippen LogP contribution < -0.4 is 0 Å². The van der Waals surface area contributed by atoms with E-state index >= 15 is 0 Å². The summed E-state index contributed by atoms with van der Waals surface area (Å²) >= 11 is 7.21. The zero-order valence-corrected chi connectivity index (χ0v) is 9.08. The predicted molar refractivity (Wildman–Crippen MR) is 54.6 cm³/mol. The van der Waals surface area contributed by atoms with E-state index in [9.17, 15) is 4.79 Å². The highest BCUT2D eigenvalue weighted by molar-refractivity contribution is 7.16. The molecule has 1 N–H and O–H groups in total. The molecule has 0 aromatic carbocycles. The fraction of sp³-hybridized carbons (Fsp3) is 0.444. The van der Waals surface area contributed by atoms with Crippen LogP contribution in [0.4, 0.5) is 0 Å². The molecule has 0 radical (unpaired) electrons. The van der Waals surface area contributed by atoms with Gasteiger partial charge in [0, 0.05) is 10.3 Å². The first-order valence-electron chi connectivity index (χ1n) is 3.89. The van der Waals surface area contributed by atoms with Crippen molar-refractivity contribution in [3.05, 3.63) is 21.3 Å². The van der Waals surface area contributed by atoms with Crippen molar-refractivity contribution in [3.63, 3.8) is 0 Å². The number of rotatable bonds is 3. The molecule has 1 heterocycles. The highest BCUT2D eigenvalue weighted by Crippen LogP contribution is 2.34. The number of aliphatic carboxylic acids is 1. The van der Waals surface area contributed by atoms with E-state index in [0.29, 0.717) is 4.34 Å². The number of hydrogen-bond donors (Lipinski definition) is 1. The summed E-state index contributed by atoms with van der Waals surface area (Å²) < 4.78 is 0.702. The van der Waals surface area contributed by atoms with E-state index in [-0.39, 0.29) is 11.8 Å². The number of thiophene rings is 1. The Kier molecular flexibility index (Phi) is 2.98. The third-order valence-electron chi connectivity index (χ3n) is 1.83. The highest BCUT2D eigenvalue weighted by Gasteiger charge is 2.25. The van der Waals surface area contributed by atoms with Crippen LogP contribution in [-0.2, 0) is 10.2 Å². The lowest BCUT2D eigenvalue weighted by atomic mass is 9.88. The molecule has 2 nitrogen and oxygen atoms in total. The van der Waals surface area contributed by atoms with Crippen LogP contribution >= 0.6 is 22.9 Å². The van der Waals surface area contributed by atoms with Crippen LogP contribution in [0.25, 0.3) is 0 Å². The van der Waals surface area contributed by atoms with E-state index in [1.54, 1.807) is 6.07 Å². The lowest BCUT2D eigenvalue weighted by Gasteiger charge is -2.20. The molecule has 72 valence electrons. The van der Waals surface area contributed by atoms with Gasteiger partial charge >= 0.3 is 5.97 Å². The molecule has 0 saturated heterocycles. The fourth-order valence-electron chi connectivity index (χ4n) is 1.14. The monoisotopic (exact) mass is 218 g/mol. The molecule has 0 atom stereocenters. The zero-order valence-electron chi connectivity index (χ0n) is 7.50. The quantitative estimate of drug-likeness (QED) is 0.846. The molecular weight excluding hydrogens is 208 g/mol. The molecule has 1 aromatic rings. The lowest BCUT2D eigenvalue weighted by Crippen LogP contribution is -2.20. The molecule has 0 aliphatic carbocycles. The van der Waals surface area contributed by atoms with E-state index in [1.165, 1.54) is 11.3 Å². The summed E-state index contributed by atoms with van der Waals surface area (Å²) in [6.07, 6.45) is 0.129. The first-order chi connectivity index (χ1) is 5.92. The van der Waals surface area contributed by atoms with Crippen molar-refractivity contribution in [1.82, 2.24) is 0 Å². The Morgan fingerprint density at radius 3 is 2.62 bits per heavy atom. The first-order valence-corrected chi connectivity index (χ1v) is 5.09. The van der Waals surface area contributed by atoms with Gasteiger partial charge in [-0.1, -0.05) is 25.4 Å². The largest absolute Gasteiger partial charge is 0.481 e. The molecule has 4 heteroatoms. The molecule has 13 heavy (non-hydrogen) atoms. The summed E-state index contributed by atoms with van der Waals surface area (Å²) in [5.41, 5.74) is -0.330. The van der Waals surface area contributed by atoms with Crippen molar-refractivity contribution in [2.45, 2.75) is 25.7 Å². The molecule has 0 aliphatic rings. The third-order valence-corrected chi connectivity index (χ3v) is 3.43. The molecule has 0 bridgehead atoms. The zero-order chi connectivity index (χ0) is 10.1. The van der Waals surface area contributed by atoms with Gasteiger partial charge in [0.1, 0.15) is 0 Å². The van der Waals surface area contributed by atoms with Gasteiger partial charge in [0.05, 0.1) is 10.8 Å². The summed E-state index contributed by atoms with van der Waals surface area (Å²) in [6, 6.07) is 3.68. The standard InChI is InChI=1S/C9H11ClO2S/c1-9(2,5-8(11)12)6-3-4-7(10)13-6/h3-4H,5H2,1-2H3,(H,11,12). The molecule has 0 unspecified atom stereocenters. The van der Waals surface area contributed by atoms with E-state index in [1.807, 2.05) is 19.9 Å². The van der Waals surface area contributed by atoms with Gasteiger partial charge < -0.3 is 5.11 Å². The van der Waals surface area contributed by atoms with Crippen molar-refractivity contribution >= 4 is 28.9 Å². The van der Waals surface area contributed by atoms with Crippen LogP contribution in [0.5, 0.6) is 0 Å². The van der Waals surface area contributed by atoms with Crippen molar-refractivity contribution in [2.24, 2.45) is 0 Å². The van der Waals surface area contributed by atoms with Crippen LogP contribution in [0.3, 0.4) is 0 Å². The van der Waals surface area contributed by atoms with Gasteiger partial charge in [0.25, 0.3) is 0 Å². The minimum Gasteiger partial charge on any atom is -0.481 e. The van der Waals surface area contributed by atoms with Crippen LogP contribution in [0.2, 0.25) is 4.34 Å². The van der Waals surface area contributed by atoms with E-state index in [4.69, 9.17) is 16.7 Å². The normalized spacial score (nSPS) is 11.6. The summed E-state index contributed by atoms with van der Waals surface area (Å²) in [6.45, 7) is 3.81. The smallest absolute Gasteiger partial charge is 0.304 e. The molecule has 0 amide bonds. The summed E-state index contributed by atoms with van der Waals surface area (Å²) in [7, 11) is 0. The maximum Gasteiger partial charge on any atom is 0.304 e. The van der Waals surface area contributed by atoms with Crippen LogP contribution in [0.1, 0.15) is 25.1 Å². The fourth-order valence-corrected chi connectivity index (χ4v) is 2.29. The summed E-state index contributed by atoms with van der Waals surface area (Å²) in [5, 5.41) is 8.69. The van der Waals surface area contributed by atoms with Gasteiger partial charge in [0.2, 0.25) is 0 Å². The van der Waals surface area contributed by atoms with Crippen molar-refractivity contribution in [3.8, 4) is 0 Å². The predicted octanol–water partition coefficient (Wildman–Crippen LogP) is 3.15. The Morgan fingerprint density at radius 2 is 2.23 bits per heavy atom. The van der Waals surface area contributed by atoms with Gasteiger partial charge in [-0.2, -0.15) is 0 Å². The molecule has 0 aliphatic heterocycles. The maximum absolute atomic E-state index is 10.6. The van der Waals surface area contributed by atoms with Crippen LogP contribution in [0.15, 0.2) is 12.1 Å². The SMILES string of the molecule is CC(C)(CC(=O)O)c1ccc(Cl)s1. The Bertz CT molecular complexity index is 317. The van der Waals surface area contributed by atoms with Gasteiger partial charge in [0.15, 0.2) is 0 Å². The van der Waals surface area contributed by atoms with Gasteiger partial charge in [-0.15, -0.1) is 11.3 Å². The average Bonchev–Trinajstić information content (AvgIpc) is 2.32. The minimum absolute atomic E-state index is 0.129. The lowest BCUT2D eigenvalue weighted by molar-refractivity contribution is -0.138. The number of halogens is 1. The Morgan fingerprint density at radius 1 is 1.62 bits per heavy atom.